The molecule has 0 N–H and O–H groups in total. The average Bonchev–Trinajstić information content (AvgIpc) is 2.68. The molecule has 0 saturated heterocycles. The summed E-state index contributed by atoms with van der Waals surface area (Å²) >= 11 is 1.08. The van der Waals surface area contributed by atoms with E-state index in [1.54, 1.807) is 16.9 Å². The predicted octanol–water partition coefficient (Wildman–Crippen LogP) is 4.47. The van der Waals surface area contributed by atoms with Crippen LogP contribution in [0.1, 0.15) is 13.3 Å². The molecule has 0 aliphatic heterocycles. The molecule has 0 aliphatic rings. The summed E-state index contributed by atoms with van der Waals surface area (Å²) in [5, 5.41) is 4.57. The Balaban J connectivity index is 1.89. The second-order valence-electron chi connectivity index (χ2n) is 5.44. The fourth-order valence-corrected chi connectivity index (χ4v) is 2.90. The van der Waals surface area contributed by atoms with Crippen molar-refractivity contribution in [3.63, 3.8) is 0 Å². The minimum absolute atomic E-state index is 0.295. The van der Waals surface area contributed by atoms with Crippen molar-refractivity contribution in [3.05, 3.63) is 78.3 Å². The second kappa shape index (κ2) is 9.01. The van der Waals surface area contributed by atoms with Gasteiger partial charge in [0.2, 0.25) is 5.88 Å². The van der Waals surface area contributed by atoms with Crippen LogP contribution in [0.5, 0.6) is 5.88 Å². The van der Waals surface area contributed by atoms with Crippen molar-refractivity contribution in [1.82, 2.24) is 9.78 Å². The van der Waals surface area contributed by atoms with Gasteiger partial charge in [0.1, 0.15) is 0 Å². The molecule has 0 saturated carbocycles. The average molecular weight is 365 g/mol. The molecule has 0 aliphatic carbocycles. The van der Waals surface area contributed by atoms with Crippen LogP contribution in [0.15, 0.2) is 82.8 Å². The highest BCUT2D eigenvalue weighted by Crippen LogP contribution is 2.19. The molecule has 5 nitrogen and oxygen atoms in total. The molecule has 0 radical (unpaired) electrons. The Morgan fingerprint density at radius 2 is 1.81 bits per heavy atom. The van der Waals surface area contributed by atoms with E-state index >= 15 is 0 Å². The first kappa shape index (κ1) is 17.9. The van der Waals surface area contributed by atoms with E-state index in [2.05, 4.69) is 10.1 Å². The summed E-state index contributed by atoms with van der Waals surface area (Å²) < 4.78 is 7.50. The number of aromatic nitrogens is 2. The zero-order valence-electron chi connectivity index (χ0n) is 14.4. The van der Waals surface area contributed by atoms with Crippen LogP contribution < -0.4 is 10.1 Å². The second-order valence-corrected chi connectivity index (χ2v) is 6.47. The Labute approximate surface area is 156 Å². The molecule has 0 spiro atoms. The number of thioether (sulfide) groups is 1. The van der Waals surface area contributed by atoms with Crippen molar-refractivity contribution in [3.8, 4) is 11.6 Å². The molecule has 3 rings (SSSR count). The molecular weight excluding hydrogens is 346 g/mol. The van der Waals surface area contributed by atoms with Crippen LogP contribution in [0.3, 0.4) is 0 Å². The highest BCUT2D eigenvalue weighted by molar-refractivity contribution is 8.13. The summed E-state index contributed by atoms with van der Waals surface area (Å²) in [6.45, 7) is 2.60. The van der Waals surface area contributed by atoms with Gasteiger partial charge < -0.3 is 4.74 Å². The molecule has 0 bridgehead atoms. The molecule has 26 heavy (non-hydrogen) atoms. The third kappa shape index (κ3) is 4.83. The number of rotatable bonds is 5. The fourth-order valence-electron chi connectivity index (χ4n) is 2.25. The Kier molecular flexibility index (Phi) is 6.22. The van der Waals surface area contributed by atoms with Crippen molar-refractivity contribution in [2.24, 2.45) is 4.99 Å². The molecule has 1 aromatic heterocycles. The van der Waals surface area contributed by atoms with Gasteiger partial charge in [-0.3, -0.25) is 4.79 Å². The van der Waals surface area contributed by atoms with Gasteiger partial charge in [-0.1, -0.05) is 43.3 Å². The van der Waals surface area contributed by atoms with Gasteiger partial charge in [0, 0.05) is 11.0 Å². The zero-order chi connectivity index (χ0) is 18.2. The van der Waals surface area contributed by atoms with E-state index in [0.29, 0.717) is 17.8 Å². The van der Waals surface area contributed by atoms with E-state index in [1.165, 1.54) is 0 Å². The third-order valence-electron chi connectivity index (χ3n) is 3.41. The van der Waals surface area contributed by atoms with Gasteiger partial charge in [0.25, 0.3) is 0 Å². The largest absolute Gasteiger partial charge is 0.478 e. The van der Waals surface area contributed by atoms with Gasteiger partial charge in [0.15, 0.2) is 0 Å². The number of benzene rings is 2. The molecular formula is C20H19N3O2S. The molecule has 132 valence electrons. The van der Waals surface area contributed by atoms with Crippen LogP contribution >= 0.6 is 11.8 Å². The summed E-state index contributed by atoms with van der Waals surface area (Å²) in [6.07, 6.45) is 2.44. The lowest BCUT2D eigenvalue weighted by Gasteiger charge is -2.12. The van der Waals surface area contributed by atoms with Crippen molar-refractivity contribution < 1.29 is 9.53 Å². The minimum Gasteiger partial charge on any atom is -0.478 e. The topological polar surface area (TPSA) is 56.5 Å². The molecule has 0 unspecified atom stereocenters. The Bertz CT molecular complexity index is 925. The lowest BCUT2D eigenvalue weighted by molar-refractivity contribution is 0.267. The maximum Gasteiger partial charge on any atom is 0.310 e. The fraction of sp³-hybridized carbons (Fsp3) is 0.150. The number of carbonyl (C=O) groups is 1. The van der Waals surface area contributed by atoms with Gasteiger partial charge in [-0.25, -0.2) is 9.67 Å². The number of nitrogens with zero attached hydrogens (tertiary/aromatic N) is 3. The predicted molar refractivity (Wildman–Crippen MR) is 103 cm³/mol. The van der Waals surface area contributed by atoms with Crippen molar-refractivity contribution in [2.45, 2.75) is 18.2 Å². The maximum absolute atomic E-state index is 12.2. The van der Waals surface area contributed by atoms with Crippen LogP contribution in [0, 0.1) is 0 Å². The van der Waals surface area contributed by atoms with Crippen LogP contribution in [-0.2, 0) is 0 Å². The monoisotopic (exact) mass is 365 g/mol. The van der Waals surface area contributed by atoms with Gasteiger partial charge >= 0.3 is 5.24 Å². The molecule has 6 heteroatoms. The smallest absolute Gasteiger partial charge is 0.310 e. The van der Waals surface area contributed by atoms with Crippen LogP contribution in [0.25, 0.3) is 5.69 Å². The van der Waals surface area contributed by atoms with Crippen LogP contribution in [-0.4, -0.2) is 21.6 Å². The molecule has 3 aromatic rings. The number of hydrogen-bond donors (Lipinski definition) is 0. The first-order chi connectivity index (χ1) is 12.8. The van der Waals surface area contributed by atoms with E-state index in [1.807, 2.05) is 67.6 Å². The molecule has 1 heterocycles. The van der Waals surface area contributed by atoms with Crippen LogP contribution in [0.4, 0.5) is 4.79 Å². The van der Waals surface area contributed by atoms with Crippen molar-refractivity contribution >= 4 is 17.0 Å². The van der Waals surface area contributed by atoms with E-state index in [0.717, 1.165) is 28.8 Å². The minimum atomic E-state index is -0.295. The zero-order valence-corrected chi connectivity index (χ0v) is 15.2. The van der Waals surface area contributed by atoms with Gasteiger partial charge in [-0.2, -0.15) is 5.10 Å². The van der Waals surface area contributed by atoms with Gasteiger partial charge in [-0.15, -0.1) is 0 Å². The molecule has 2 aromatic carbocycles. The first-order valence-electron chi connectivity index (χ1n) is 8.35. The van der Waals surface area contributed by atoms with E-state index in [9.17, 15) is 4.79 Å². The lowest BCUT2D eigenvalue weighted by Crippen LogP contribution is -2.15. The normalized spacial score (nSPS) is 11.3. The summed E-state index contributed by atoms with van der Waals surface area (Å²) in [5.41, 5.74) is 0.884. The number of para-hydroxylation sites is 1. The quantitative estimate of drug-likeness (QED) is 0.626. The summed E-state index contributed by atoms with van der Waals surface area (Å²) in [5.74, 6) is 0.553. The maximum atomic E-state index is 12.2. The van der Waals surface area contributed by atoms with E-state index < -0.39 is 0 Å². The van der Waals surface area contributed by atoms with E-state index in [-0.39, 0.29) is 5.24 Å². The Morgan fingerprint density at radius 1 is 1.12 bits per heavy atom. The standard InChI is InChI=1S/C20H19N3O2S/c1-2-13-25-19-14-16(15-21-23(19)17-9-5-3-6-10-17)22-20(24)26-18-11-7-4-8-12-18/h3-12,14-15H,2,13H2,1H3. The summed E-state index contributed by atoms with van der Waals surface area (Å²) in [7, 11) is 0. The molecule has 0 atom stereocenters. The Morgan fingerprint density at radius 3 is 2.50 bits per heavy atom. The SMILES string of the molecule is CCCOc1cc(=NC(=O)Sc2ccccc2)cnn1-c1ccccc1. The van der Waals surface area contributed by atoms with E-state index in [4.69, 9.17) is 4.74 Å². The number of hydrogen-bond acceptors (Lipinski definition) is 4. The Hall–Kier alpha value is -2.86. The first-order valence-corrected chi connectivity index (χ1v) is 9.17. The van der Waals surface area contributed by atoms with Gasteiger partial charge in [0.05, 0.1) is 23.8 Å². The third-order valence-corrected chi connectivity index (χ3v) is 4.18. The van der Waals surface area contributed by atoms with Gasteiger partial charge in [-0.05, 0) is 42.4 Å². The molecule has 0 fully saturated rings. The van der Waals surface area contributed by atoms with Crippen molar-refractivity contribution in [2.75, 3.05) is 6.61 Å². The highest BCUT2D eigenvalue weighted by Gasteiger charge is 2.07. The highest BCUT2D eigenvalue weighted by atomic mass is 32.2. The number of ether oxygens (including phenoxy) is 1. The summed E-state index contributed by atoms with van der Waals surface area (Å²) in [6, 6.07) is 20.9. The van der Waals surface area contributed by atoms with Crippen LogP contribution in [0.2, 0.25) is 0 Å². The summed E-state index contributed by atoms with van der Waals surface area (Å²) in [4.78, 5) is 17.2. The number of amides is 1. The number of carbonyl (C=O) groups excluding carboxylic acids is 1. The lowest BCUT2D eigenvalue weighted by atomic mass is 10.3. The molecule has 1 amide bonds. The van der Waals surface area contributed by atoms with Crippen molar-refractivity contribution in [1.29, 1.82) is 0 Å².